The zero-order chi connectivity index (χ0) is 17.1. The van der Waals surface area contributed by atoms with Gasteiger partial charge in [-0.2, -0.15) is 4.98 Å². The Morgan fingerprint density at radius 1 is 1.17 bits per heavy atom. The molecule has 1 saturated heterocycles. The average Bonchev–Trinajstić information content (AvgIpc) is 3.14. The second kappa shape index (κ2) is 5.40. The molecule has 0 amide bonds. The molecule has 0 aromatic carbocycles. The van der Waals surface area contributed by atoms with E-state index in [0.717, 1.165) is 36.6 Å². The molecular formula is C17H24BFN2O3. The molecule has 0 bridgehead atoms. The van der Waals surface area contributed by atoms with Crippen molar-refractivity contribution < 1.29 is 18.2 Å². The van der Waals surface area contributed by atoms with Gasteiger partial charge < -0.3 is 13.8 Å². The first-order chi connectivity index (χ1) is 11.2. The van der Waals surface area contributed by atoms with E-state index >= 15 is 0 Å². The predicted molar refractivity (Wildman–Crippen MR) is 86.9 cm³/mol. The van der Waals surface area contributed by atoms with Crippen LogP contribution in [0.2, 0.25) is 0 Å². The molecule has 24 heavy (non-hydrogen) atoms. The highest BCUT2D eigenvalue weighted by molar-refractivity contribution is 6.53. The van der Waals surface area contributed by atoms with Gasteiger partial charge in [0.1, 0.15) is 5.73 Å². The van der Waals surface area contributed by atoms with Crippen LogP contribution in [0.3, 0.4) is 0 Å². The summed E-state index contributed by atoms with van der Waals surface area (Å²) in [5.41, 5.74) is -0.480. The number of aromatic nitrogens is 2. The van der Waals surface area contributed by atoms with E-state index in [1.165, 1.54) is 0 Å². The summed E-state index contributed by atoms with van der Waals surface area (Å²) >= 11 is 0. The molecule has 0 unspecified atom stereocenters. The molecule has 0 atom stereocenters. The summed E-state index contributed by atoms with van der Waals surface area (Å²) in [5.74, 6) is 2.36. The van der Waals surface area contributed by atoms with Gasteiger partial charge in [0.25, 0.3) is 0 Å². The summed E-state index contributed by atoms with van der Waals surface area (Å²) in [6.45, 7) is 7.73. The topological polar surface area (TPSA) is 57.4 Å². The van der Waals surface area contributed by atoms with Crippen LogP contribution in [-0.2, 0) is 15.7 Å². The van der Waals surface area contributed by atoms with Gasteiger partial charge in [-0.15, -0.1) is 0 Å². The molecule has 1 aliphatic heterocycles. The van der Waals surface area contributed by atoms with Crippen molar-refractivity contribution in [3.63, 3.8) is 0 Å². The Kier molecular flexibility index (Phi) is 3.66. The Morgan fingerprint density at radius 2 is 1.79 bits per heavy atom. The summed E-state index contributed by atoms with van der Waals surface area (Å²) in [4.78, 5) is 4.44. The molecule has 2 saturated carbocycles. The average molecular weight is 334 g/mol. The smallest absolute Gasteiger partial charge is 0.398 e. The molecule has 0 spiro atoms. The third-order valence-electron chi connectivity index (χ3n) is 5.75. The number of nitrogens with zero attached hydrogens (tertiary/aromatic N) is 2. The van der Waals surface area contributed by atoms with E-state index in [4.69, 9.17) is 13.8 Å². The van der Waals surface area contributed by atoms with Crippen LogP contribution < -0.4 is 0 Å². The second-order valence-electron chi connectivity index (χ2n) is 8.34. The van der Waals surface area contributed by atoms with Gasteiger partial charge in [-0.3, -0.25) is 0 Å². The van der Waals surface area contributed by atoms with Crippen molar-refractivity contribution in [1.29, 1.82) is 0 Å². The largest absolute Gasteiger partial charge is 0.525 e. The van der Waals surface area contributed by atoms with E-state index in [9.17, 15) is 4.39 Å². The van der Waals surface area contributed by atoms with E-state index < -0.39 is 18.3 Å². The lowest BCUT2D eigenvalue weighted by Crippen LogP contribution is -2.41. The molecule has 2 aliphatic carbocycles. The molecule has 2 heterocycles. The minimum absolute atomic E-state index is 0.253. The quantitative estimate of drug-likeness (QED) is 0.785. The van der Waals surface area contributed by atoms with Crippen molar-refractivity contribution in [1.82, 2.24) is 10.1 Å². The summed E-state index contributed by atoms with van der Waals surface area (Å²) < 4.78 is 31.5. The van der Waals surface area contributed by atoms with Crippen LogP contribution in [0.1, 0.15) is 71.0 Å². The highest BCUT2D eigenvalue weighted by atomic mass is 19.1. The van der Waals surface area contributed by atoms with Gasteiger partial charge in [0.05, 0.1) is 11.2 Å². The summed E-state index contributed by atoms with van der Waals surface area (Å²) in [6, 6.07) is 0. The van der Waals surface area contributed by atoms with Crippen molar-refractivity contribution in [2.75, 3.05) is 0 Å². The third-order valence-corrected chi connectivity index (χ3v) is 5.75. The molecule has 0 N–H and O–H groups in total. The summed E-state index contributed by atoms with van der Waals surface area (Å²) in [7, 11) is -0.877. The minimum Gasteiger partial charge on any atom is -0.398 e. The zero-order valence-electron chi connectivity index (χ0n) is 14.8. The molecule has 3 fully saturated rings. The van der Waals surface area contributed by atoms with Crippen molar-refractivity contribution in [3.8, 4) is 0 Å². The van der Waals surface area contributed by atoms with Crippen LogP contribution in [0, 0.1) is 5.92 Å². The van der Waals surface area contributed by atoms with Crippen molar-refractivity contribution >= 4 is 7.12 Å². The fourth-order valence-electron chi connectivity index (χ4n) is 3.19. The van der Waals surface area contributed by atoms with Crippen LogP contribution >= 0.6 is 0 Å². The number of rotatable bonds is 4. The normalized spacial score (nSPS) is 28.1. The maximum absolute atomic E-state index is 14.7. The first-order valence-electron chi connectivity index (χ1n) is 8.81. The third kappa shape index (κ3) is 2.82. The van der Waals surface area contributed by atoms with Crippen LogP contribution in [0.15, 0.2) is 15.8 Å². The lowest BCUT2D eigenvalue weighted by Gasteiger charge is -2.32. The Morgan fingerprint density at radius 3 is 2.38 bits per heavy atom. The molecule has 0 radical (unpaired) electrons. The van der Waals surface area contributed by atoms with E-state index in [2.05, 4.69) is 10.1 Å². The number of hydrogen-bond donors (Lipinski definition) is 0. The number of hydrogen-bond acceptors (Lipinski definition) is 5. The highest BCUT2D eigenvalue weighted by Crippen LogP contribution is 2.44. The first kappa shape index (κ1) is 16.3. The van der Waals surface area contributed by atoms with Gasteiger partial charge >= 0.3 is 7.12 Å². The van der Waals surface area contributed by atoms with Crippen molar-refractivity contribution in [2.24, 2.45) is 5.92 Å². The van der Waals surface area contributed by atoms with Crippen LogP contribution in [0.5, 0.6) is 0 Å². The van der Waals surface area contributed by atoms with Gasteiger partial charge in [0, 0.05) is 12.3 Å². The fourth-order valence-corrected chi connectivity index (χ4v) is 3.19. The van der Waals surface area contributed by atoms with Gasteiger partial charge in [-0.1, -0.05) is 5.16 Å². The van der Waals surface area contributed by atoms with Crippen LogP contribution in [0.4, 0.5) is 4.39 Å². The van der Waals surface area contributed by atoms with Crippen LogP contribution in [0.25, 0.3) is 0 Å². The maximum atomic E-state index is 14.7. The molecule has 4 rings (SSSR count). The standard InChI is InChI=1S/C17H24BFN2O3/c1-16(2)17(3,4)24-18(23-16)14(19)12-7-10(8-12)9-13-20-15(22-21-13)11-5-6-11/h10-11H,5-9H2,1-4H3. The lowest BCUT2D eigenvalue weighted by atomic mass is 9.71. The van der Waals surface area contributed by atoms with Gasteiger partial charge in [0.15, 0.2) is 5.82 Å². The Hall–Kier alpha value is -1.21. The zero-order valence-corrected chi connectivity index (χ0v) is 14.8. The Bertz CT molecular complexity index is 657. The molecular weight excluding hydrogens is 310 g/mol. The summed E-state index contributed by atoms with van der Waals surface area (Å²) in [6.07, 6.45) is 4.47. The predicted octanol–water partition coefficient (Wildman–Crippen LogP) is 3.75. The lowest BCUT2D eigenvalue weighted by molar-refractivity contribution is 0.00578. The summed E-state index contributed by atoms with van der Waals surface area (Å²) in [5, 5.41) is 4.04. The van der Waals surface area contributed by atoms with Crippen molar-refractivity contribution in [2.45, 2.75) is 76.9 Å². The van der Waals surface area contributed by atoms with Gasteiger partial charge in [-0.05, 0) is 64.9 Å². The molecule has 130 valence electrons. The Balaban J connectivity index is 1.35. The van der Waals surface area contributed by atoms with E-state index in [-0.39, 0.29) is 5.73 Å². The van der Waals surface area contributed by atoms with Gasteiger partial charge in [0.2, 0.25) is 5.89 Å². The molecule has 7 heteroatoms. The molecule has 5 nitrogen and oxygen atoms in total. The van der Waals surface area contributed by atoms with Crippen molar-refractivity contribution in [3.05, 3.63) is 23.0 Å². The van der Waals surface area contributed by atoms with E-state index in [0.29, 0.717) is 24.7 Å². The first-order valence-corrected chi connectivity index (χ1v) is 8.81. The monoisotopic (exact) mass is 334 g/mol. The fraction of sp³-hybridized carbons (Fsp3) is 0.765. The SMILES string of the molecule is CC1(C)OB(C(F)=C2CC(Cc3noc(C4CC4)n3)C2)OC1(C)C. The highest BCUT2D eigenvalue weighted by Gasteiger charge is 2.54. The minimum atomic E-state index is -0.877. The molecule has 1 aromatic heterocycles. The van der Waals surface area contributed by atoms with E-state index in [1.807, 2.05) is 27.7 Å². The number of halogens is 1. The Labute approximate surface area is 142 Å². The van der Waals surface area contributed by atoms with Gasteiger partial charge in [-0.25, -0.2) is 4.39 Å². The molecule has 1 aromatic rings. The number of allylic oxidation sites excluding steroid dienone is 1. The maximum Gasteiger partial charge on any atom is 0.525 e. The van der Waals surface area contributed by atoms with Crippen LogP contribution in [-0.4, -0.2) is 28.5 Å². The second-order valence-corrected chi connectivity index (χ2v) is 8.34. The molecule has 3 aliphatic rings. The van der Waals surface area contributed by atoms with E-state index in [1.54, 1.807) is 0 Å².